The van der Waals surface area contributed by atoms with Crippen LogP contribution >= 0.6 is 11.3 Å². The molecule has 0 atom stereocenters. The first-order valence-corrected chi connectivity index (χ1v) is 4.86. The third-order valence-corrected chi connectivity index (χ3v) is 2.94. The van der Waals surface area contributed by atoms with E-state index in [1.165, 1.54) is 17.4 Å². The predicted molar refractivity (Wildman–Crippen MR) is 52.8 cm³/mol. The van der Waals surface area contributed by atoms with E-state index >= 15 is 0 Å². The van der Waals surface area contributed by atoms with Crippen molar-refractivity contribution in [2.45, 2.75) is 6.42 Å². The van der Waals surface area contributed by atoms with Crippen molar-refractivity contribution in [2.24, 2.45) is 0 Å². The molecule has 2 rings (SSSR count). The van der Waals surface area contributed by atoms with Crippen molar-refractivity contribution in [1.82, 2.24) is 0 Å². The van der Waals surface area contributed by atoms with Crippen LogP contribution in [0.3, 0.4) is 0 Å². The number of nitriles is 1. The number of thiophene rings is 1. The molecule has 70 valence electrons. The van der Waals surface area contributed by atoms with Gasteiger partial charge in [0, 0.05) is 5.56 Å². The number of halogens is 1. The molecule has 0 aliphatic rings. The fourth-order valence-corrected chi connectivity index (χ4v) is 2.18. The van der Waals surface area contributed by atoms with Crippen molar-refractivity contribution in [3.05, 3.63) is 28.9 Å². The molecule has 0 radical (unpaired) electrons. The molecule has 0 amide bonds. The average molecular weight is 207 g/mol. The first kappa shape index (κ1) is 8.97. The molecule has 4 heteroatoms. The second kappa shape index (κ2) is 3.28. The predicted octanol–water partition coefficient (Wildman–Crippen LogP) is 2.81. The molecule has 2 aromatic rings. The lowest BCUT2D eigenvalue weighted by Crippen LogP contribution is -1.89. The number of phenolic OH excluding ortho intramolecular Hbond substituents is 1. The molecular weight excluding hydrogens is 201 g/mol. The van der Waals surface area contributed by atoms with Crippen LogP contribution < -0.4 is 0 Å². The van der Waals surface area contributed by atoms with Crippen LogP contribution in [0.1, 0.15) is 5.56 Å². The Morgan fingerprint density at radius 3 is 3.07 bits per heavy atom. The van der Waals surface area contributed by atoms with E-state index in [1.54, 1.807) is 11.4 Å². The quantitative estimate of drug-likeness (QED) is 0.781. The Bertz CT molecular complexity index is 527. The van der Waals surface area contributed by atoms with E-state index in [0.717, 1.165) is 0 Å². The van der Waals surface area contributed by atoms with Crippen molar-refractivity contribution in [3.8, 4) is 11.8 Å². The number of hydrogen-bond acceptors (Lipinski definition) is 3. The number of rotatable bonds is 1. The Balaban J connectivity index is 2.77. The lowest BCUT2D eigenvalue weighted by Gasteiger charge is -2.02. The van der Waals surface area contributed by atoms with E-state index in [4.69, 9.17) is 5.26 Å². The topological polar surface area (TPSA) is 44.0 Å². The minimum atomic E-state index is -0.475. The molecule has 0 aliphatic carbocycles. The van der Waals surface area contributed by atoms with Gasteiger partial charge in [-0.1, -0.05) is 0 Å². The van der Waals surface area contributed by atoms with Gasteiger partial charge < -0.3 is 5.11 Å². The van der Waals surface area contributed by atoms with Crippen LogP contribution in [-0.2, 0) is 6.42 Å². The highest BCUT2D eigenvalue weighted by Crippen LogP contribution is 2.32. The Morgan fingerprint density at radius 2 is 2.36 bits per heavy atom. The van der Waals surface area contributed by atoms with Crippen molar-refractivity contribution < 1.29 is 9.50 Å². The minimum absolute atomic E-state index is 0.0856. The second-order valence-corrected chi connectivity index (χ2v) is 3.78. The van der Waals surface area contributed by atoms with E-state index in [9.17, 15) is 9.50 Å². The van der Waals surface area contributed by atoms with E-state index in [2.05, 4.69) is 0 Å². The minimum Gasteiger partial charge on any atom is -0.508 e. The highest BCUT2D eigenvalue weighted by atomic mass is 32.1. The van der Waals surface area contributed by atoms with Crippen molar-refractivity contribution in [1.29, 1.82) is 5.26 Å². The molecule has 1 N–H and O–H groups in total. The standard InChI is InChI=1S/C10H6FNOS/c11-9-7(1-3-12)8(13)5-6-2-4-14-10(6)9/h2,4-5,13H,1H2. The number of phenols is 1. The maximum Gasteiger partial charge on any atom is 0.148 e. The number of fused-ring (bicyclic) bond motifs is 1. The van der Waals surface area contributed by atoms with Gasteiger partial charge in [0.05, 0.1) is 17.2 Å². The van der Waals surface area contributed by atoms with Gasteiger partial charge in [-0.05, 0) is 22.9 Å². The van der Waals surface area contributed by atoms with Gasteiger partial charge in [-0.3, -0.25) is 0 Å². The summed E-state index contributed by atoms with van der Waals surface area (Å²) in [5.74, 6) is -0.619. The lowest BCUT2D eigenvalue weighted by molar-refractivity contribution is 0.463. The summed E-state index contributed by atoms with van der Waals surface area (Å²) in [6.45, 7) is 0. The monoisotopic (exact) mass is 207 g/mol. The summed E-state index contributed by atoms with van der Waals surface area (Å²) in [5, 5.41) is 20.3. The Morgan fingerprint density at radius 1 is 1.57 bits per heavy atom. The highest BCUT2D eigenvalue weighted by molar-refractivity contribution is 7.17. The van der Waals surface area contributed by atoms with Gasteiger partial charge in [0.2, 0.25) is 0 Å². The van der Waals surface area contributed by atoms with E-state index < -0.39 is 5.82 Å². The summed E-state index contributed by atoms with van der Waals surface area (Å²) >= 11 is 1.27. The molecule has 0 saturated carbocycles. The van der Waals surface area contributed by atoms with Crippen molar-refractivity contribution in [2.75, 3.05) is 0 Å². The summed E-state index contributed by atoms with van der Waals surface area (Å²) < 4.78 is 14.1. The Kier molecular flexibility index (Phi) is 2.10. The molecule has 1 heterocycles. The molecule has 2 nitrogen and oxygen atoms in total. The Labute approximate surface area is 83.8 Å². The molecule has 0 unspecified atom stereocenters. The number of aromatic hydroxyl groups is 1. The fraction of sp³-hybridized carbons (Fsp3) is 0.100. The smallest absolute Gasteiger partial charge is 0.148 e. The summed E-state index contributed by atoms with van der Waals surface area (Å²) in [4.78, 5) is 0. The number of benzene rings is 1. The lowest BCUT2D eigenvalue weighted by atomic mass is 10.1. The average Bonchev–Trinajstić information content (AvgIpc) is 2.60. The molecule has 0 spiro atoms. The third-order valence-electron chi connectivity index (χ3n) is 2.02. The first-order valence-electron chi connectivity index (χ1n) is 3.98. The van der Waals surface area contributed by atoms with Crippen LogP contribution in [0.15, 0.2) is 17.5 Å². The molecule has 1 aromatic carbocycles. The van der Waals surface area contributed by atoms with Crippen LogP contribution in [0.5, 0.6) is 5.75 Å². The first-order chi connectivity index (χ1) is 6.74. The zero-order chi connectivity index (χ0) is 10.1. The largest absolute Gasteiger partial charge is 0.508 e. The molecule has 1 aromatic heterocycles. The van der Waals surface area contributed by atoms with Crippen molar-refractivity contribution >= 4 is 21.4 Å². The van der Waals surface area contributed by atoms with E-state index in [-0.39, 0.29) is 17.7 Å². The normalized spacial score (nSPS) is 10.3. The van der Waals surface area contributed by atoms with Crippen LogP contribution in [0.25, 0.3) is 10.1 Å². The molecule has 14 heavy (non-hydrogen) atoms. The summed E-state index contributed by atoms with van der Waals surface area (Å²) in [7, 11) is 0. The van der Waals surface area contributed by atoms with Gasteiger partial charge in [0.25, 0.3) is 0 Å². The molecule has 0 saturated heterocycles. The second-order valence-electron chi connectivity index (χ2n) is 2.86. The highest BCUT2D eigenvalue weighted by Gasteiger charge is 2.13. The van der Waals surface area contributed by atoms with E-state index in [1.807, 2.05) is 6.07 Å². The van der Waals surface area contributed by atoms with Crippen LogP contribution in [0.4, 0.5) is 4.39 Å². The maximum atomic E-state index is 13.6. The van der Waals surface area contributed by atoms with Crippen molar-refractivity contribution in [3.63, 3.8) is 0 Å². The van der Waals surface area contributed by atoms with Crippen LogP contribution in [0.2, 0.25) is 0 Å². The van der Waals surface area contributed by atoms with Crippen LogP contribution in [0, 0.1) is 17.1 Å². The SMILES string of the molecule is N#CCc1c(O)cc2ccsc2c1F. The zero-order valence-electron chi connectivity index (χ0n) is 7.12. The molecule has 0 bridgehead atoms. The molecule has 0 aliphatic heterocycles. The summed E-state index contributed by atoms with van der Waals surface area (Å²) in [6.07, 6.45) is -0.106. The summed E-state index contributed by atoms with van der Waals surface area (Å²) in [5.41, 5.74) is 0.0856. The van der Waals surface area contributed by atoms with Gasteiger partial charge >= 0.3 is 0 Å². The fourth-order valence-electron chi connectivity index (χ4n) is 1.34. The summed E-state index contributed by atoms with van der Waals surface area (Å²) in [6, 6.07) is 5.05. The van der Waals surface area contributed by atoms with E-state index in [0.29, 0.717) is 10.1 Å². The zero-order valence-corrected chi connectivity index (χ0v) is 7.94. The molecule has 0 fully saturated rings. The van der Waals surface area contributed by atoms with Gasteiger partial charge in [0.15, 0.2) is 0 Å². The third kappa shape index (κ3) is 1.22. The maximum absolute atomic E-state index is 13.6. The van der Waals surface area contributed by atoms with Gasteiger partial charge in [-0.25, -0.2) is 4.39 Å². The number of nitrogens with zero attached hydrogens (tertiary/aromatic N) is 1. The van der Waals surface area contributed by atoms with Gasteiger partial charge in [0.1, 0.15) is 11.6 Å². The Hall–Kier alpha value is -1.60. The van der Waals surface area contributed by atoms with Gasteiger partial charge in [-0.2, -0.15) is 5.26 Å². The van der Waals surface area contributed by atoms with Crippen LogP contribution in [-0.4, -0.2) is 5.11 Å². The van der Waals surface area contributed by atoms with Gasteiger partial charge in [-0.15, -0.1) is 11.3 Å². The molecular formula is C10H6FNOS. The number of hydrogen-bond donors (Lipinski definition) is 1.